The lowest BCUT2D eigenvalue weighted by atomic mass is 10.1. The Hall–Kier alpha value is -3.16. The van der Waals surface area contributed by atoms with Crippen molar-refractivity contribution in [3.8, 4) is 0 Å². The Balaban J connectivity index is 1.49. The second-order valence-corrected chi connectivity index (χ2v) is 5.77. The first kappa shape index (κ1) is 16.7. The topological polar surface area (TPSA) is 105 Å². The van der Waals surface area contributed by atoms with Gasteiger partial charge in [0, 0.05) is 25.5 Å². The van der Waals surface area contributed by atoms with Crippen molar-refractivity contribution in [1.82, 2.24) is 20.2 Å². The monoisotopic (exact) mass is 341 g/mol. The van der Waals surface area contributed by atoms with Gasteiger partial charge in [-0.05, 0) is 18.6 Å². The zero-order valence-corrected chi connectivity index (χ0v) is 13.6. The third kappa shape index (κ3) is 4.23. The molecule has 0 saturated heterocycles. The molecule has 0 spiro atoms. The third-order valence-corrected chi connectivity index (χ3v) is 3.92. The minimum atomic E-state index is -0.895. The Kier molecular flexibility index (Phi) is 5.08. The molecule has 0 radical (unpaired) electrons. The molecular weight excluding hydrogens is 322 g/mol. The van der Waals surface area contributed by atoms with E-state index in [-0.39, 0.29) is 18.2 Å². The van der Waals surface area contributed by atoms with Crippen LogP contribution in [0.3, 0.4) is 0 Å². The SMILES string of the molecule is O=C(C[C@H]1NC(=O)c2ccccc2NC1=O)NCCCn1ccnc1. The van der Waals surface area contributed by atoms with Crippen LogP contribution in [0.25, 0.3) is 0 Å². The Morgan fingerprint density at radius 2 is 2.12 bits per heavy atom. The molecule has 2 aromatic rings. The maximum Gasteiger partial charge on any atom is 0.254 e. The number of anilines is 1. The molecule has 130 valence electrons. The minimum Gasteiger partial charge on any atom is -0.356 e. The number of nitrogens with zero attached hydrogens (tertiary/aromatic N) is 2. The van der Waals surface area contributed by atoms with Gasteiger partial charge in [-0.2, -0.15) is 0 Å². The molecule has 3 rings (SSSR count). The molecule has 0 fully saturated rings. The van der Waals surface area contributed by atoms with Gasteiger partial charge in [-0.25, -0.2) is 4.98 Å². The average molecular weight is 341 g/mol. The molecule has 25 heavy (non-hydrogen) atoms. The van der Waals surface area contributed by atoms with Gasteiger partial charge in [0.2, 0.25) is 11.8 Å². The Morgan fingerprint density at radius 1 is 1.28 bits per heavy atom. The quantitative estimate of drug-likeness (QED) is 0.667. The van der Waals surface area contributed by atoms with Crippen LogP contribution in [0.5, 0.6) is 0 Å². The zero-order valence-electron chi connectivity index (χ0n) is 13.6. The molecule has 3 N–H and O–H groups in total. The molecule has 8 heteroatoms. The summed E-state index contributed by atoms with van der Waals surface area (Å²) in [5, 5.41) is 8.05. The second kappa shape index (κ2) is 7.61. The van der Waals surface area contributed by atoms with E-state index < -0.39 is 11.9 Å². The van der Waals surface area contributed by atoms with Crippen LogP contribution >= 0.6 is 0 Å². The smallest absolute Gasteiger partial charge is 0.254 e. The predicted octanol–water partition coefficient (Wildman–Crippen LogP) is 0.530. The van der Waals surface area contributed by atoms with Gasteiger partial charge in [0.05, 0.1) is 24.0 Å². The van der Waals surface area contributed by atoms with Gasteiger partial charge in [-0.15, -0.1) is 0 Å². The molecule has 1 aromatic carbocycles. The number of hydrogen-bond acceptors (Lipinski definition) is 4. The molecule has 0 saturated carbocycles. The summed E-state index contributed by atoms with van der Waals surface area (Å²) in [4.78, 5) is 40.4. The van der Waals surface area contributed by atoms with Gasteiger partial charge in [0.25, 0.3) is 5.91 Å². The average Bonchev–Trinajstić information content (AvgIpc) is 3.08. The number of carbonyl (C=O) groups is 3. The van der Waals surface area contributed by atoms with Crippen LogP contribution in [-0.4, -0.2) is 39.9 Å². The molecule has 1 aliphatic heterocycles. The highest BCUT2D eigenvalue weighted by Gasteiger charge is 2.29. The number of benzene rings is 1. The summed E-state index contributed by atoms with van der Waals surface area (Å²) in [6, 6.07) is 5.85. The molecule has 0 bridgehead atoms. The number of imidazole rings is 1. The van der Waals surface area contributed by atoms with Crippen molar-refractivity contribution >= 4 is 23.4 Å². The van der Waals surface area contributed by atoms with E-state index in [0.717, 1.165) is 13.0 Å². The van der Waals surface area contributed by atoms with E-state index in [1.165, 1.54) is 0 Å². The lowest BCUT2D eigenvalue weighted by Gasteiger charge is -2.14. The van der Waals surface area contributed by atoms with Crippen LogP contribution in [-0.2, 0) is 16.1 Å². The summed E-state index contributed by atoms with van der Waals surface area (Å²) in [7, 11) is 0. The van der Waals surface area contributed by atoms with Crippen LogP contribution in [0.1, 0.15) is 23.2 Å². The largest absolute Gasteiger partial charge is 0.356 e. The lowest BCUT2D eigenvalue weighted by molar-refractivity contribution is -0.125. The zero-order chi connectivity index (χ0) is 17.6. The predicted molar refractivity (Wildman–Crippen MR) is 90.8 cm³/mol. The van der Waals surface area contributed by atoms with Crippen LogP contribution < -0.4 is 16.0 Å². The molecule has 0 aliphatic carbocycles. The van der Waals surface area contributed by atoms with E-state index >= 15 is 0 Å². The van der Waals surface area contributed by atoms with Crippen molar-refractivity contribution in [3.63, 3.8) is 0 Å². The van der Waals surface area contributed by atoms with Gasteiger partial charge in [0.1, 0.15) is 6.04 Å². The molecule has 1 aromatic heterocycles. The lowest BCUT2D eigenvalue weighted by Crippen LogP contribution is -2.44. The Labute approximate surface area is 144 Å². The summed E-state index contributed by atoms with van der Waals surface area (Å²) < 4.78 is 1.92. The fourth-order valence-corrected chi connectivity index (χ4v) is 2.62. The van der Waals surface area contributed by atoms with Gasteiger partial charge in [-0.1, -0.05) is 12.1 Å². The minimum absolute atomic E-state index is 0.101. The van der Waals surface area contributed by atoms with E-state index in [9.17, 15) is 14.4 Å². The summed E-state index contributed by atoms with van der Waals surface area (Å²) in [5.41, 5.74) is 0.840. The van der Waals surface area contributed by atoms with Crippen molar-refractivity contribution in [2.45, 2.75) is 25.4 Å². The molecule has 2 heterocycles. The summed E-state index contributed by atoms with van der Waals surface area (Å²) in [6.45, 7) is 1.23. The highest BCUT2D eigenvalue weighted by Crippen LogP contribution is 2.18. The van der Waals surface area contributed by atoms with Crippen LogP contribution in [0.15, 0.2) is 43.0 Å². The Morgan fingerprint density at radius 3 is 2.92 bits per heavy atom. The Bertz CT molecular complexity index is 772. The maximum atomic E-state index is 12.2. The van der Waals surface area contributed by atoms with E-state index in [4.69, 9.17) is 0 Å². The van der Waals surface area contributed by atoms with Gasteiger partial charge < -0.3 is 20.5 Å². The fraction of sp³-hybridized carbons (Fsp3) is 0.294. The van der Waals surface area contributed by atoms with Crippen LogP contribution in [0, 0.1) is 0 Å². The van der Waals surface area contributed by atoms with Gasteiger partial charge in [0.15, 0.2) is 0 Å². The van der Waals surface area contributed by atoms with Crippen molar-refractivity contribution in [2.75, 3.05) is 11.9 Å². The second-order valence-electron chi connectivity index (χ2n) is 5.77. The first-order chi connectivity index (χ1) is 12.1. The molecule has 8 nitrogen and oxygen atoms in total. The van der Waals surface area contributed by atoms with Crippen molar-refractivity contribution in [3.05, 3.63) is 48.5 Å². The van der Waals surface area contributed by atoms with E-state index in [1.807, 2.05) is 10.8 Å². The number of carbonyl (C=O) groups excluding carboxylic acids is 3. The standard InChI is InChI=1S/C17H19N5O3/c23-15(19-6-3-8-22-9-7-18-11-22)10-14-17(25)20-13-5-2-1-4-12(13)16(24)21-14/h1-2,4-5,7,9,11,14H,3,6,8,10H2,(H,19,23)(H,20,25)(H,21,24)/t14-/m1/s1. The number of rotatable bonds is 6. The number of amides is 3. The van der Waals surface area contributed by atoms with Crippen LogP contribution in [0.2, 0.25) is 0 Å². The molecule has 3 amide bonds. The highest BCUT2D eigenvalue weighted by molar-refractivity contribution is 6.10. The number of aromatic nitrogens is 2. The normalized spacial score (nSPS) is 16.4. The van der Waals surface area contributed by atoms with Gasteiger partial charge in [-0.3, -0.25) is 14.4 Å². The van der Waals surface area contributed by atoms with Gasteiger partial charge >= 0.3 is 0 Å². The van der Waals surface area contributed by atoms with Crippen molar-refractivity contribution in [1.29, 1.82) is 0 Å². The fourth-order valence-electron chi connectivity index (χ4n) is 2.62. The number of para-hydroxylation sites is 1. The van der Waals surface area contributed by atoms with Crippen molar-refractivity contribution < 1.29 is 14.4 Å². The van der Waals surface area contributed by atoms with Crippen LogP contribution in [0.4, 0.5) is 5.69 Å². The van der Waals surface area contributed by atoms with Crippen molar-refractivity contribution in [2.24, 2.45) is 0 Å². The van der Waals surface area contributed by atoms with E-state index in [2.05, 4.69) is 20.9 Å². The number of aryl methyl sites for hydroxylation is 1. The van der Waals surface area contributed by atoms with E-state index in [0.29, 0.717) is 17.8 Å². The number of nitrogens with one attached hydrogen (secondary N) is 3. The maximum absolute atomic E-state index is 12.2. The number of hydrogen-bond donors (Lipinski definition) is 3. The first-order valence-corrected chi connectivity index (χ1v) is 8.06. The summed E-state index contributed by atoms with van der Waals surface area (Å²) >= 11 is 0. The highest BCUT2D eigenvalue weighted by atomic mass is 16.2. The van der Waals surface area contributed by atoms with E-state index in [1.54, 1.807) is 36.8 Å². The molecular formula is C17H19N5O3. The number of fused-ring (bicyclic) bond motifs is 1. The molecule has 0 unspecified atom stereocenters. The summed E-state index contributed by atoms with van der Waals surface area (Å²) in [5.74, 6) is -1.05. The molecule has 1 atom stereocenters. The first-order valence-electron chi connectivity index (χ1n) is 8.06. The summed E-state index contributed by atoms with van der Waals surface area (Å²) in [6.07, 6.45) is 5.91. The molecule has 1 aliphatic rings. The third-order valence-electron chi connectivity index (χ3n) is 3.92.